The normalized spacial score (nSPS) is 21.7. The van der Waals surface area contributed by atoms with Crippen LogP contribution in [0.2, 0.25) is 0 Å². The average Bonchev–Trinajstić information content (AvgIpc) is 3.20. The first kappa shape index (κ1) is 16.0. The van der Waals surface area contributed by atoms with Crippen molar-refractivity contribution in [2.24, 2.45) is 5.92 Å². The first-order valence-corrected chi connectivity index (χ1v) is 8.39. The Balaban J connectivity index is 1.48. The van der Waals surface area contributed by atoms with E-state index in [-0.39, 0.29) is 6.03 Å². The third-order valence-electron chi connectivity index (χ3n) is 4.58. The topological polar surface area (TPSA) is 64.6 Å². The molecule has 3 heterocycles. The number of hydrogen-bond donors (Lipinski definition) is 1. The van der Waals surface area contributed by atoms with Crippen LogP contribution in [0.4, 0.5) is 16.4 Å². The predicted molar refractivity (Wildman–Crippen MR) is 90.7 cm³/mol. The molecule has 7 heteroatoms. The van der Waals surface area contributed by atoms with Crippen molar-refractivity contribution in [1.82, 2.24) is 19.8 Å². The minimum atomic E-state index is -0.0462. The number of carbonyl (C=O) groups excluding carboxylic acids is 1. The molecular formula is C16H26N6O. The smallest absolute Gasteiger partial charge is 0.321 e. The summed E-state index contributed by atoms with van der Waals surface area (Å²) in [6.45, 7) is 5.25. The van der Waals surface area contributed by atoms with Crippen LogP contribution in [0.25, 0.3) is 0 Å². The fourth-order valence-electron chi connectivity index (χ4n) is 3.32. The van der Waals surface area contributed by atoms with E-state index in [0.29, 0.717) is 17.6 Å². The Morgan fingerprint density at radius 2 is 1.96 bits per heavy atom. The minimum absolute atomic E-state index is 0.0462. The van der Waals surface area contributed by atoms with E-state index in [1.165, 1.54) is 25.9 Å². The van der Waals surface area contributed by atoms with Crippen molar-refractivity contribution in [2.45, 2.75) is 19.3 Å². The van der Waals surface area contributed by atoms with Crippen molar-refractivity contribution in [3.63, 3.8) is 0 Å². The van der Waals surface area contributed by atoms with Crippen LogP contribution in [0, 0.1) is 5.92 Å². The maximum atomic E-state index is 12.4. The molecule has 2 aliphatic rings. The molecule has 126 valence electrons. The van der Waals surface area contributed by atoms with Gasteiger partial charge in [-0.1, -0.05) is 0 Å². The Hall–Kier alpha value is -1.89. The number of anilines is 2. The number of likely N-dealkylation sites (tertiary alicyclic amines) is 2. The molecule has 0 aromatic carbocycles. The molecule has 0 bridgehead atoms. The molecule has 2 amide bonds. The fraction of sp³-hybridized carbons (Fsp3) is 0.688. The summed E-state index contributed by atoms with van der Waals surface area (Å²) in [6.07, 6.45) is 7.04. The molecule has 7 nitrogen and oxygen atoms in total. The van der Waals surface area contributed by atoms with Crippen molar-refractivity contribution < 1.29 is 4.79 Å². The second-order valence-electron chi connectivity index (χ2n) is 6.70. The highest BCUT2D eigenvalue weighted by Gasteiger charge is 2.28. The number of carbonyl (C=O) groups is 1. The third-order valence-corrected chi connectivity index (χ3v) is 4.58. The Bertz CT molecular complexity index is 526. The van der Waals surface area contributed by atoms with Crippen molar-refractivity contribution in [1.29, 1.82) is 0 Å². The number of hydrogen-bond acceptors (Lipinski definition) is 5. The SMILES string of the molecule is CN(C)c1ncc(NC(=O)N2CC[C@H](CN3CCCC3)C2)cn1. The maximum Gasteiger partial charge on any atom is 0.321 e. The Morgan fingerprint density at radius 1 is 1.26 bits per heavy atom. The average molecular weight is 318 g/mol. The summed E-state index contributed by atoms with van der Waals surface area (Å²) < 4.78 is 0. The molecule has 1 atom stereocenters. The Kier molecular flexibility index (Phi) is 4.95. The van der Waals surface area contributed by atoms with Crippen LogP contribution in [-0.2, 0) is 0 Å². The number of nitrogens with one attached hydrogen (secondary N) is 1. The van der Waals surface area contributed by atoms with Crippen LogP contribution in [0.5, 0.6) is 0 Å². The van der Waals surface area contributed by atoms with Gasteiger partial charge in [-0.2, -0.15) is 0 Å². The van der Waals surface area contributed by atoms with Crippen LogP contribution in [0.3, 0.4) is 0 Å². The minimum Gasteiger partial charge on any atom is -0.347 e. The van der Waals surface area contributed by atoms with E-state index in [2.05, 4.69) is 20.2 Å². The van der Waals surface area contributed by atoms with Gasteiger partial charge in [0.25, 0.3) is 0 Å². The lowest BCUT2D eigenvalue weighted by Crippen LogP contribution is -2.34. The lowest BCUT2D eigenvalue weighted by Gasteiger charge is -2.21. The number of rotatable bonds is 4. The van der Waals surface area contributed by atoms with Crippen molar-refractivity contribution in [2.75, 3.05) is 57.0 Å². The van der Waals surface area contributed by atoms with Gasteiger partial charge in [0.2, 0.25) is 5.95 Å². The lowest BCUT2D eigenvalue weighted by molar-refractivity contribution is 0.217. The van der Waals surface area contributed by atoms with E-state index in [4.69, 9.17) is 0 Å². The zero-order valence-corrected chi connectivity index (χ0v) is 14.0. The molecule has 23 heavy (non-hydrogen) atoms. The first-order chi connectivity index (χ1) is 11.1. The highest BCUT2D eigenvalue weighted by Crippen LogP contribution is 2.20. The second kappa shape index (κ2) is 7.12. The van der Waals surface area contributed by atoms with E-state index < -0.39 is 0 Å². The summed E-state index contributed by atoms with van der Waals surface area (Å²) in [5, 5.41) is 2.89. The van der Waals surface area contributed by atoms with Crippen LogP contribution in [-0.4, -0.2) is 72.6 Å². The molecule has 0 aliphatic carbocycles. The van der Waals surface area contributed by atoms with E-state index >= 15 is 0 Å². The molecule has 2 aliphatic heterocycles. The van der Waals surface area contributed by atoms with Crippen LogP contribution >= 0.6 is 0 Å². The van der Waals surface area contributed by atoms with E-state index in [1.54, 1.807) is 12.4 Å². The quantitative estimate of drug-likeness (QED) is 0.911. The molecule has 2 saturated heterocycles. The molecule has 0 saturated carbocycles. The molecule has 1 N–H and O–H groups in total. The van der Waals surface area contributed by atoms with Gasteiger partial charge in [-0.25, -0.2) is 14.8 Å². The molecule has 0 unspecified atom stereocenters. The largest absolute Gasteiger partial charge is 0.347 e. The van der Waals surface area contributed by atoms with Gasteiger partial charge in [-0.05, 0) is 38.3 Å². The Morgan fingerprint density at radius 3 is 2.61 bits per heavy atom. The van der Waals surface area contributed by atoms with E-state index in [0.717, 1.165) is 26.1 Å². The van der Waals surface area contributed by atoms with Gasteiger partial charge in [-0.3, -0.25) is 0 Å². The van der Waals surface area contributed by atoms with Crippen molar-refractivity contribution >= 4 is 17.7 Å². The summed E-state index contributed by atoms with van der Waals surface area (Å²) in [5.41, 5.74) is 0.642. The molecule has 1 aromatic heterocycles. The summed E-state index contributed by atoms with van der Waals surface area (Å²) >= 11 is 0. The summed E-state index contributed by atoms with van der Waals surface area (Å²) in [6, 6.07) is -0.0462. The van der Waals surface area contributed by atoms with Gasteiger partial charge in [0.15, 0.2) is 0 Å². The first-order valence-electron chi connectivity index (χ1n) is 8.39. The highest BCUT2D eigenvalue weighted by molar-refractivity contribution is 5.89. The Labute approximate surface area is 137 Å². The third kappa shape index (κ3) is 4.10. The van der Waals surface area contributed by atoms with Gasteiger partial charge >= 0.3 is 6.03 Å². The maximum absolute atomic E-state index is 12.4. The number of urea groups is 1. The van der Waals surface area contributed by atoms with Crippen LogP contribution in [0.1, 0.15) is 19.3 Å². The summed E-state index contributed by atoms with van der Waals surface area (Å²) in [7, 11) is 3.77. The number of nitrogens with zero attached hydrogens (tertiary/aromatic N) is 5. The van der Waals surface area contributed by atoms with Gasteiger partial charge in [0.05, 0.1) is 18.1 Å². The van der Waals surface area contributed by atoms with Gasteiger partial charge in [-0.15, -0.1) is 0 Å². The van der Waals surface area contributed by atoms with Gasteiger partial charge < -0.3 is 20.0 Å². The number of aromatic nitrogens is 2. The van der Waals surface area contributed by atoms with Crippen LogP contribution in [0.15, 0.2) is 12.4 Å². The lowest BCUT2D eigenvalue weighted by atomic mass is 10.1. The summed E-state index contributed by atoms with van der Waals surface area (Å²) in [5.74, 6) is 1.24. The monoisotopic (exact) mass is 318 g/mol. The fourth-order valence-corrected chi connectivity index (χ4v) is 3.32. The van der Waals surface area contributed by atoms with E-state index in [1.807, 2.05) is 23.9 Å². The highest BCUT2D eigenvalue weighted by atomic mass is 16.2. The van der Waals surface area contributed by atoms with Crippen molar-refractivity contribution in [3.05, 3.63) is 12.4 Å². The van der Waals surface area contributed by atoms with Gasteiger partial charge in [0, 0.05) is 33.7 Å². The molecular weight excluding hydrogens is 292 g/mol. The zero-order chi connectivity index (χ0) is 16.2. The van der Waals surface area contributed by atoms with Crippen molar-refractivity contribution in [3.8, 4) is 0 Å². The summed E-state index contributed by atoms with van der Waals surface area (Å²) in [4.78, 5) is 27.0. The molecule has 1 aromatic rings. The zero-order valence-electron chi connectivity index (χ0n) is 14.0. The molecule has 3 rings (SSSR count). The molecule has 0 radical (unpaired) electrons. The van der Waals surface area contributed by atoms with Crippen LogP contribution < -0.4 is 10.2 Å². The predicted octanol–water partition coefficient (Wildman–Crippen LogP) is 1.49. The number of amides is 2. The second-order valence-corrected chi connectivity index (χ2v) is 6.70. The molecule has 0 spiro atoms. The molecule has 2 fully saturated rings. The van der Waals surface area contributed by atoms with Gasteiger partial charge in [0.1, 0.15) is 0 Å². The van der Waals surface area contributed by atoms with E-state index in [9.17, 15) is 4.79 Å². The standard InChI is InChI=1S/C16H26N6O/c1-20(2)15-17-9-14(10-18-15)19-16(23)22-8-5-13(12-22)11-21-6-3-4-7-21/h9-10,13H,3-8,11-12H2,1-2H3,(H,19,23)/t13-/m1/s1.